The molecule has 4 rings (SSSR count). The van der Waals surface area contributed by atoms with Crippen LogP contribution in [0, 0.1) is 40.4 Å². The molecule has 2 N–H and O–H groups in total. The average Bonchev–Trinajstić information content (AvgIpc) is 2.96. The third-order valence-corrected chi connectivity index (χ3v) is 9.24. The van der Waals surface area contributed by atoms with E-state index in [1.165, 1.54) is 0 Å². The predicted molar refractivity (Wildman–Crippen MR) is 104 cm³/mol. The van der Waals surface area contributed by atoms with Crippen molar-refractivity contribution in [1.82, 2.24) is 0 Å². The number of fused-ring (bicyclic) bond motifs is 5. The first kappa shape index (κ1) is 19.7. The molecule has 0 amide bonds. The molecule has 0 aliphatic heterocycles. The SMILES string of the molecule is C[C@]12CC[C@H]3[C@@H]([C@H](C(=O)O)CC4=CC(=O)CC[C@@]43C)[C@@H]1CC[C@@H]2CCC(=O)O. The number of carboxylic acid groups (broad SMARTS) is 2. The Morgan fingerprint density at radius 3 is 2.54 bits per heavy atom. The molecule has 0 aromatic heterocycles. The van der Waals surface area contributed by atoms with Gasteiger partial charge in [0.1, 0.15) is 0 Å². The number of allylic oxidation sites excluding steroid dienone is 1. The van der Waals surface area contributed by atoms with Gasteiger partial charge in [-0.2, -0.15) is 0 Å². The first-order valence-corrected chi connectivity index (χ1v) is 10.9. The maximum atomic E-state index is 12.3. The molecule has 154 valence electrons. The van der Waals surface area contributed by atoms with Gasteiger partial charge in [0.15, 0.2) is 5.78 Å². The molecule has 0 radical (unpaired) electrons. The maximum absolute atomic E-state index is 12.3. The van der Waals surface area contributed by atoms with Crippen molar-refractivity contribution in [3.63, 3.8) is 0 Å². The van der Waals surface area contributed by atoms with E-state index >= 15 is 0 Å². The third kappa shape index (κ3) is 2.84. The van der Waals surface area contributed by atoms with Crippen LogP contribution in [0.3, 0.4) is 0 Å². The molecule has 0 bridgehead atoms. The van der Waals surface area contributed by atoms with E-state index in [0.29, 0.717) is 37.0 Å². The van der Waals surface area contributed by atoms with Crippen LogP contribution >= 0.6 is 0 Å². The highest BCUT2D eigenvalue weighted by Crippen LogP contribution is 2.68. The van der Waals surface area contributed by atoms with Crippen molar-refractivity contribution in [2.24, 2.45) is 40.4 Å². The summed E-state index contributed by atoms with van der Waals surface area (Å²) in [6.07, 6.45) is 8.66. The van der Waals surface area contributed by atoms with Gasteiger partial charge in [0, 0.05) is 12.8 Å². The molecule has 0 aromatic carbocycles. The summed E-state index contributed by atoms with van der Waals surface area (Å²) in [5, 5.41) is 19.2. The van der Waals surface area contributed by atoms with Crippen molar-refractivity contribution in [2.45, 2.75) is 71.6 Å². The fourth-order valence-electron chi connectivity index (χ4n) is 7.70. The Labute approximate surface area is 166 Å². The lowest BCUT2D eigenvalue weighted by Gasteiger charge is -2.59. The molecule has 0 heterocycles. The Balaban J connectivity index is 1.68. The zero-order valence-electron chi connectivity index (χ0n) is 16.9. The van der Waals surface area contributed by atoms with Crippen LogP contribution in [-0.4, -0.2) is 27.9 Å². The van der Waals surface area contributed by atoms with E-state index in [2.05, 4.69) is 13.8 Å². The van der Waals surface area contributed by atoms with Crippen molar-refractivity contribution < 1.29 is 24.6 Å². The summed E-state index contributed by atoms with van der Waals surface area (Å²) in [4.78, 5) is 35.4. The van der Waals surface area contributed by atoms with Crippen LogP contribution in [0.15, 0.2) is 11.6 Å². The molecule has 5 nitrogen and oxygen atoms in total. The van der Waals surface area contributed by atoms with E-state index in [-0.39, 0.29) is 29.0 Å². The fourth-order valence-corrected chi connectivity index (χ4v) is 7.70. The van der Waals surface area contributed by atoms with Crippen LogP contribution in [0.1, 0.15) is 71.6 Å². The van der Waals surface area contributed by atoms with E-state index in [4.69, 9.17) is 5.11 Å². The summed E-state index contributed by atoms with van der Waals surface area (Å²) in [7, 11) is 0. The Bertz CT molecular complexity index is 739. The van der Waals surface area contributed by atoms with Gasteiger partial charge >= 0.3 is 11.9 Å². The Hall–Kier alpha value is -1.65. The minimum atomic E-state index is -0.740. The molecule has 0 aromatic rings. The molecular formula is C23H32O5. The summed E-state index contributed by atoms with van der Waals surface area (Å²) in [6.45, 7) is 4.56. The average molecular weight is 389 g/mol. The number of carboxylic acids is 2. The zero-order chi connectivity index (χ0) is 20.3. The topological polar surface area (TPSA) is 91.7 Å². The molecule has 7 atom stereocenters. The zero-order valence-corrected chi connectivity index (χ0v) is 16.9. The molecule has 3 saturated carbocycles. The number of aliphatic carboxylic acids is 2. The van der Waals surface area contributed by atoms with Gasteiger partial charge < -0.3 is 10.2 Å². The van der Waals surface area contributed by atoms with E-state index < -0.39 is 17.9 Å². The molecule has 0 unspecified atom stereocenters. The molecular weight excluding hydrogens is 356 g/mol. The highest BCUT2D eigenvalue weighted by atomic mass is 16.4. The largest absolute Gasteiger partial charge is 0.481 e. The van der Waals surface area contributed by atoms with Gasteiger partial charge in [-0.15, -0.1) is 0 Å². The number of carbonyl (C=O) groups excluding carboxylic acids is 1. The number of ketones is 1. The van der Waals surface area contributed by atoms with Crippen molar-refractivity contribution in [1.29, 1.82) is 0 Å². The first-order chi connectivity index (χ1) is 13.2. The van der Waals surface area contributed by atoms with Crippen molar-refractivity contribution in [3.8, 4) is 0 Å². The Kier molecular flexibility index (Phi) is 4.71. The standard InChI is InChI=1S/C23H32O5/c1-22-10-8-18-20(17(22)5-3-13(22)4-6-19(25)26)16(21(27)28)12-14-11-15(24)7-9-23(14,18)2/h11,13,16-18,20H,3-10,12H2,1-2H3,(H,25,26)(H,27,28)/t13-,16-,17+,18+,20+,22-,23+/m1/s1. The summed E-state index contributed by atoms with van der Waals surface area (Å²) in [5.74, 6) is -0.558. The summed E-state index contributed by atoms with van der Waals surface area (Å²) in [6, 6.07) is 0. The van der Waals surface area contributed by atoms with E-state index in [9.17, 15) is 19.5 Å². The minimum Gasteiger partial charge on any atom is -0.481 e. The predicted octanol–water partition coefficient (Wildman–Crippen LogP) is 4.31. The Morgan fingerprint density at radius 1 is 1.11 bits per heavy atom. The monoisotopic (exact) mass is 388 g/mol. The van der Waals surface area contributed by atoms with Gasteiger partial charge in [0.25, 0.3) is 0 Å². The van der Waals surface area contributed by atoms with Crippen molar-refractivity contribution in [2.75, 3.05) is 0 Å². The number of carbonyl (C=O) groups is 3. The van der Waals surface area contributed by atoms with Crippen LogP contribution in [0.4, 0.5) is 0 Å². The molecule has 3 fully saturated rings. The van der Waals surface area contributed by atoms with E-state index in [1.807, 2.05) is 0 Å². The summed E-state index contributed by atoms with van der Waals surface area (Å²) >= 11 is 0. The molecule has 4 aliphatic carbocycles. The molecule has 28 heavy (non-hydrogen) atoms. The van der Waals surface area contributed by atoms with Gasteiger partial charge in [0.05, 0.1) is 5.92 Å². The molecule has 0 saturated heterocycles. The van der Waals surface area contributed by atoms with Crippen molar-refractivity contribution >= 4 is 17.7 Å². The van der Waals surface area contributed by atoms with Gasteiger partial charge in [-0.05, 0) is 85.5 Å². The minimum absolute atomic E-state index is 0.0480. The maximum Gasteiger partial charge on any atom is 0.307 e. The second-order valence-corrected chi connectivity index (χ2v) is 10.2. The highest BCUT2D eigenvalue weighted by Gasteiger charge is 2.62. The van der Waals surface area contributed by atoms with Crippen LogP contribution in [-0.2, 0) is 14.4 Å². The number of hydrogen-bond acceptors (Lipinski definition) is 3. The first-order valence-electron chi connectivity index (χ1n) is 10.9. The van der Waals surface area contributed by atoms with Gasteiger partial charge in [-0.25, -0.2) is 0 Å². The normalized spacial score (nSPS) is 44.9. The lowest BCUT2D eigenvalue weighted by atomic mass is 9.44. The van der Waals surface area contributed by atoms with Crippen LogP contribution < -0.4 is 0 Å². The lowest BCUT2D eigenvalue weighted by Crippen LogP contribution is -2.55. The quantitative estimate of drug-likeness (QED) is 0.749. The molecule has 4 aliphatic rings. The van der Waals surface area contributed by atoms with Crippen LogP contribution in [0.2, 0.25) is 0 Å². The fraction of sp³-hybridized carbons (Fsp3) is 0.783. The van der Waals surface area contributed by atoms with Gasteiger partial charge in [-0.1, -0.05) is 19.4 Å². The second-order valence-electron chi connectivity index (χ2n) is 10.2. The smallest absolute Gasteiger partial charge is 0.307 e. The number of rotatable bonds is 4. The second kappa shape index (κ2) is 6.70. The van der Waals surface area contributed by atoms with Crippen molar-refractivity contribution in [3.05, 3.63) is 11.6 Å². The number of hydrogen-bond donors (Lipinski definition) is 2. The molecule has 0 spiro atoms. The van der Waals surface area contributed by atoms with Crippen LogP contribution in [0.5, 0.6) is 0 Å². The molecule has 5 heteroatoms. The lowest BCUT2D eigenvalue weighted by molar-refractivity contribution is -0.155. The Morgan fingerprint density at radius 2 is 1.86 bits per heavy atom. The van der Waals surface area contributed by atoms with E-state index in [0.717, 1.165) is 37.7 Å². The highest BCUT2D eigenvalue weighted by molar-refractivity contribution is 5.92. The van der Waals surface area contributed by atoms with Crippen LogP contribution in [0.25, 0.3) is 0 Å². The summed E-state index contributed by atoms with van der Waals surface area (Å²) in [5.41, 5.74) is 1.07. The van der Waals surface area contributed by atoms with Gasteiger partial charge in [-0.3, -0.25) is 14.4 Å². The summed E-state index contributed by atoms with van der Waals surface area (Å²) < 4.78 is 0. The third-order valence-electron chi connectivity index (χ3n) is 9.24. The van der Waals surface area contributed by atoms with E-state index in [1.54, 1.807) is 6.08 Å². The van der Waals surface area contributed by atoms with Gasteiger partial charge in [0.2, 0.25) is 0 Å².